The number of methoxy groups -OCH3 is 1. The van der Waals surface area contributed by atoms with Crippen molar-refractivity contribution in [1.82, 2.24) is 14.9 Å². The Morgan fingerprint density at radius 1 is 1.06 bits per heavy atom. The van der Waals surface area contributed by atoms with Crippen LogP contribution in [0.3, 0.4) is 0 Å². The van der Waals surface area contributed by atoms with Crippen molar-refractivity contribution in [2.24, 2.45) is 0 Å². The van der Waals surface area contributed by atoms with Gasteiger partial charge >= 0.3 is 0 Å². The van der Waals surface area contributed by atoms with Crippen LogP contribution in [0.25, 0.3) is 21.9 Å². The van der Waals surface area contributed by atoms with E-state index in [9.17, 15) is 5.11 Å². The minimum atomic E-state index is 0. The Morgan fingerprint density at radius 3 is 2.71 bits per heavy atom. The third-order valence-corrected chi connectivity index (χ3v) is 5.70. The second-order valence-corrected chi connectivity index (χ2v) is 7.70. The fourth-order valence-corrected chi connectivity index (χ4v) is 4.13. The quantitative estimate of drug-likeness (QED) is 0.328. The number of halogens is 1. The molecule has 0 bridgehead atoms. The van der Waals surface area contributed by atoms with Crippen LogP contribution in [0.2, 0.25) is 0 Å². The molecule has 2 aromatic carbocycles. The number of rotatable bonds is 5. The standard InChI is InChI=1S/C24H24N4O2.ClH/c1-30-18-7-8-21-20(14-18)23(19-5-4-10-25-24(19)27-21)26-17-6-9-22(29)16(13-17)15-28-11-2-3-12-28;/h4-10,13-14,29H,2-3,11-12,15H2,1H3,(H,25,26,27);1H. The van der Waals surface area contributed by atoms with Gasteiger partial charge in [-0.25, -0.2) is 9.97 Å². The molecule has 0 atom stereocenters. The number of nitrogens with one attached hydrogen (secondary N) is 1. The molecule has 5 rings (SSSR count). The smallest absolute Gasteiger partial charge is 0.161 e. The third kappa shape index (κ3) is 4.22. The van der Waals surface area contributed by atoms with Crippen molar-refractivity contribution in [1.29, 1.82) is 0 Å². The lowest BCUT2D eigenvalue weighted by atomic mass is 10.1. The summed E-state index contributed by atoms with van der Waals surface area (Å²) in [5.74, 6) is 1.11. The van der Waals surface area contributed by atoms with Crippen LogP contribution in [0.4, 0.5) is 11.4 Å². The number of fused-ring (bicyclic) bond motifs is 2. The van der Waals surface area contributed by atoms with E-state index in [0.29, 0.717) is 11.4 Å². The number of likely N-dealkylation sites (tertiary alicyclic amines) is 1. The first-order valence-corrected chi connectivity index (χ1v) is 10.2. The van der Waals surface area contributed by atoms with Crippen molar-refractivity contribution in [3.8, 4) is 11.5 Å². The van der Waals surface area contributed by atoms with E-state index >= 15 is 0 Å². The molecule has 1 saturated heterocycles. The normalized spacial score (nSPS) is 14.0. The maximum Gasteiger partial charge on any atom is 0.161 e. The van der Waals surface area contributed by atoms with Crippen LogP contribution < -0.4 is 10.1 Å². The summed E-state index contributed by atoms with van der Waals surface area (Å²) in [4.78, 5) is 11.5. The van der Waals surface area contributed by atoms with E-state index in [1.807, 2.05) is 42.5 Å². The van der Waals surface area contributed by atoms with Crippen molar-refractivity contribution in [2.45, 2.75) is 19.4 Å². The predicted molar refractivity (Wildman–Crippen MR) is 127 cm³/mol. The molecule has 7 heteroatoms. The van der Waals surface area contributed by atoms with Gasteiger partial charge in [-0.05, 0) is 74.5 Å². The highest BCUT2D eigenvalue weighted by Gasteiger charge is 2.15. The third-order valence-electron chi connectivity index (χ3n) is 5.70. The highest BCUT2D eigenvalue weighted by atomic mass is 35.5. The lowest BCUT2D eigenvalue weighted by Crippen LogP contribution is -2.18. The number of pyridine rings is 2. The highest BCUT2D eigenvalue weighted by Crippen LogP contribution is 2.35. The maximum atomic E-state index is 10.4. The van der Waals surface area contributed by atoms with Gasteiger partial charge in [-0.3, -0.25) is 4.90 Å². The molecule has 6 nitrogen and oxygen atoms in total. The second-order valence-electron chi connectivity index (χ2n) is 7.70. The zero-order valence-electron chi connectivity index (χ0n) is 17.3. The average molecular weight is 437 g/mol. The van der Waals surface area contributed by atoms with Crippen molar-refractivity contribution >= 4 is 45.7 Å². The van der Waals surface area contributed by atoms with E-state index in [1.54, 1.807) is 19.4 Å². The summed E-state index contributed by atoms with van der Waals surface area (Å²) in [5.41, 5.74) is 4.32. The van der Waals surface area contributed by atoms with Gasteiger partial charge in [0.1, 0.15) is 11.5 Å². The summed E-state index contributed by atoms with van der Waals surface area (Å²) in [5, 5.41) is 15.9. The number of hydrogen-bond donors (Lipinski definition) is 2. The fourth-order valence-electron chi connectivity index (χ4n) is 4.13. The number of anilines is 2. The molecule has 1 aliphatic heterocycles. The van der Waals surface area contributed by atoms with Crippen LogP contribution in [-0.4, -0.2) is 40.2 Å². The van der Waals surface area contributed by atoms with E-state index in [2.05, 4.69) is 15.2 Å². The average Bonchev–Trinajstić information content (AvgIpc) is 3.28. The number of phenols is 1. The molecule has 2 aromatic heterocycles. The van der Waals surface area contributed by atoms with Crippen LogP contribution in [0.15, 0.2) is 54.7 Å². The van der Waals surface area contributed by atoms with Gasteiger partial charge in [0.2, 0.25) is 0 Å². The van der Waals surface area contributed by atoms with Crippen LogP contribution >= 0.6 is 12.4 Å². The van der Waals surface area contributed by atoms with Gasteiger partial charge < -0.3 is 15.2 Å². The molecule has 3 heterocycles. The molecule has 4 aromatic rings. The molecule has 0 radical (unpaired) electrons. The van der Waals surface area contributed by atoms with E-state index in [0.717, 1.165) is 58.6 Å². The second kappa shape index (κ2) is 8.96. The number of aromatic hydroxyl groups is 1. The van der Waals surface area contributed by atoms with E-state index < -0.39 is 0 Å². The van der Waals surface area contributed by atoms with Crippen molar-refractivity contribution in [2.75, 3.05) is 25.5 Å². The minimum absolute atomic E-state index is 0. The van der Waals surface area contributed by atoms with Gasteiger partial charge in [-0.2, -0.15) is 0 Å². The monoisotopic (exact) mass is 436 g/mol. The molecule has 1 fully saturated rings. The van der Waals surface area contributed by atoms with E-state index in [1.165, 1.54) is 12.8 Å². The highest BCUT2D eigenvalue weighted by molar-refractivity contribution is 6.08. The van der Waals surface area contributed by atoms with Crippen molar-refractivity contribution in [3.63, 3.8) is 0 Å². The lowest BCUT2D eigenvalue weighted by Gasteiger charge is -2.18. The van der Waals surface area contributed by atoms with E-state index in [-0.39, 0.29) is 12.4 Å². The zero-order valence-corrected chi connectivity index (χ0v) is 18.2. The molecule has 31 heavy (non-hydrogen) atoms. The largest absolute Gasteiger partial charge is 0.508 e. The Labute approximate surface area is 187 Å². The predicted octanol–water partition coefficient (Wildman–Crippen LogP) is 5.26. The van der Waals surface area contributed by atoms with Gasteiger partial charge in [-0.15, -0.1) is 12.4 Å². The number of nitrogens with zero attached hydrogens (tertiary/aromatic N) is 3. The molecule has 0 aliphatic carbocycles. The van der Waals surface area contributed by atoms with Gasteiger partial charge in [0, 0.05) is 34.8 Å². The molecule has 0 saturated carbocycles. The molecule has 160 valence electrons. The number of hydrogen-bond acceptors (Lipinski definition) is 6. The van der Waals surface area contributed by atoms with E-state index in [4.69, 9.17) is 9.72 Å². The number of ether oxygens (including phenoxy) is 1. The van der Waals surface area contributed by atoms with Crippen molar-refractivity contribution < 1.29 is 9.84 Å². The van der Waals surface area contributed by atoms with Gasteiger partial charge in [0.05, 0.1) is 18.3 Å². The molecule has 1 aliphatic rings. The number of benzene rings is 2. The van der Waals surface area contributed by atoms with Gasteiger partial charge in [0.25, 0.3) is 0 Å². The molecule has 0 amide bonds. The lowest BCUT2D eigenvalue weighted by molar-refractivity contribution is 0.324. The Bertz CT molecular complexity index is 1230. The number of phenolic OH excluding ortho intramolecular Hbond substituents is 1. The van der Waals surface area contributed by atoms with Crippen LogP contribution in [0, 0.1) is 0 Å². The summed E-state index contributed by atoms with van der Waals surface area (Å²) >= 11 is 0. The topological polar surface area (TPSA) is 70.5 Å². The summed E-state index contributed by atoms with van der Waals surface area (Å²) in [6.45, 7) is 2.93. The van der Waals surface area contributed by atoms with Gasteiger partial charge in [-0.1, -0.05) is 0 Å². The molecular weight excluding hydrogens is 412 g/mol. The first kappa shape index (κ1) is 21.2. The SMILES string of the molecule is COc1ccc2nc3ncccc3c(Nc3ccc(O)c(CN4CCCC4)c3)c2c1.Cl. The summed E-state index contributed by atoms with van der Waals surface area (Å²) in [6.07, 6.45) is 4.20. The molecular formula is C24H25ClN4O2. The minimum Gasteiger partial charge on any atom is -0.508 e. The maximum absolute atomic E-state index is 10.4. The van der Waals surface area contributed by atoms with Gasteiger partial charge in [0.15, 0.2) is 5.65 Å². The number of aromatic nitrogens is 2. The summed E-state index contributed by atoms with van der Waals surface area (Å²) < 4.78 is 5.44. The van der Waals surface area contributed by atoms with Crippen LogP contribution in [0.1, 0.15) is 18.4 Å². The zero-order chi connectivity index (χ0) is 20.5. The Morgan fingerprint density at radius 2 is 1.90 bits per heavy atom. The Kier molecular flexibility index (Phi) is 6.11. The molecule has 0 spiro atoms. The fraction of sp³-hybridized carbons (Fsp3) is 0.250. The summed E-state index contributed by atoms with van der Waals surface area (Å²) in [6, 6.07) is 15.5. The van der Waals surface area contributed by atoms with Crippen LogP contribution in [0.5, 0.6) is 11.5 Å². The first-order chi connectivity index (χ1) is 14.7. The molecule has 0 unspecified atom stereocenters. The van der Waals surface area contributed by atoms with Crippen LogP contribution in [-0.2, 0) is 6.54 Å². The first-order valence-electron chi connectivity index (χ1n) is 10.2. The molecule has 2 N–H and O–H groups in total. The van der Waals surface area contributed by atoms with Crippen molar-refractivity contribution in [3.05, 3.63) is 60.3 Å². The Balaban J connectivity index is 0.00000231. The Hall–Kier alpha value is -3.09. The summed E-state index contributed by atoms with van der Waals surface area (Å²) in [7, 11) is 1.66.